The summed E-state index contributed by atoms with van der Waals surface area (Å²) in [5.74, 6) is 0. The van der Waals surface area contributed by atoms with Gasteiger partial charge >= 0.3 is 0 Å². The van der Waals surface area contributed by atoms with E-state index in [4.69, 9.17) is 0 Å². The topological polar surface area (TPSA) is 0 Å². The van der Waals surface area contributed by atoms with Gasteiger partial charge in [-0.25, -0.2) is 0 Å². The normalized spacial score (nSPS) is 23.6. The summed E-state index contributed by atoms with van der Waals surface area (Å²) in [4.78, 5) is 0. The SMILES string of the molecule is CSC1[CH]CCC1. The van der Waals surface area contributed by atoms with Gasteiger partial charge in [0, 0.05) is 5.25 Å². The third-order valence-electron chi connectivity index (χ3n) is 1.43. The second kappa shape index (κ2) is 2.61. The van der Waals surface area contributed by atoms with Gasteiger partial charge in [0.1, 0.15) is 0 Å². The zero-order valence-electron chi connectivity index (χ0n) is 4.68. The molecule has 0 amide bonds. The van der Waals surface area contributed by atoms with Gasteiger partial charge in [0.15, 0.2) is 0 Å². The van der Waals surface area contributed by atoms with E-state index in [0.29, 0.717) is 0 Å². The fraction of sp³-hybridized carbons (Fsp3) is 0.833. The molecule has 0 aromatic heterocycles. The van der Waals surface area contributed by atoms with Crippen LogP contribution in [0.4, 0.5) is 0 Å². The van der Waals surface area contributed by atoms with Crippen molar-refractivity contribution in [1.29, 1.82) is 0 Å². The standard InChI is InChI=1S/C6H11S/c1-7-6-4-2-3-5-6/h4,6H,2-3,5H2,1H3. The van der Waals surface area contributed by atoms with Gasteiger partial charge in [0.05, 0.1) is 0 Å². The molecule has 1 rings (SSSR count). The molecule has 0 aromatic carbocycles. The van der Waals surface area contributed by atoms with Crippen molar-refractivity contribution in [3.63, 3.8) is 0 Å². The van der Waals surface area contributed by atoms with Crippen LogP contribution in [0.1, 0.15) is 19.3 Å². The van der Waals surface area contributed by atoms with E-state index in [1.54, 1.807) is 0 Å². The molecule has 1 aliphatic rings. The molecule has 7 heavy (non-hydrogen) atoms. The van der Waals surface area contributed by atoms with Crippen LogP contribution in [-0.2, 0) is 0 Å². The first-order chi connectivity index (χ1) is 3.43. The van der Waals surface area contributed by atoms with Crippen molar-refractivity contribution in [3.8, 4) is 0 Å². The molecule has 0 nitrogen and oxygen atoms in total. The average molecular weight is 115 g/mol. The predicted octanol–water partition coefficient (Wildman–Crippen LogP) is 2.11. The van der Waals surface area contributed by atoms with Crippen molar-refractivity contribution in [3.05, 3.63) is 6.42 Å². The van der Waals surface area contributed by atoms with Gasteiger partial charge in [-0.3, -0.25) is 0 Å². The second-order valence-electron chi connectivity index (χ2n) is 1.94. The molecule has 0 saturated heterocycles. The largest absolute Gasteiger partial charge is 0.162 e. The molecule has 1 radical (unpaired) electrons. The molecule has 1 heteroatoms. The summed E-state index contributed by atoms with van der Waals surface area (Å²) in [7, 11) is 0. The van der Waals surface area contributed by atoms with Crippen molar-refractivity contribution in [2.75, 3.05) is 6.26 Å². The van der Waals surface area contributed by atoms with Crippen molar-refractivity contribution in [1.82, 2.24) is 0 Å². The summed E-state index contributed by atoms with van der Waals surface area (Å²) < 4.78 is 0. The predicted molar refractivity (Wildman–Crippen MR) is 35.5 cm³/mol. The van der Waals surface area contributed by atoms with Crippen LogP contribution in [-0.4, -0.2) is 11.5 Å². The first-order valence-electron chi connectivity index (χ1n) is 2.79. The Kier molecular flexibility index (Phi) is 2.04. The van der Waals surface area contributed by atoms with E-state index < -0.39 is 0 Å². The van der Waals surface area contributed by atoms with Crippen LogP contribution in [0.5, 0.6) is 0 Å². The van der Waals surface area contributed by atoms with Crippen LogP contribution in [0, 0.1) is 6.42 Å². The lowest BCUT2D eigenvalue weighted by atomic mass is 10.4. The molecular weight excluding hydrogens is 104 g/mol. The molecule has 1 aliphatic carbocycles. The molecule has 1 unspecified atom stereocenters. The highest BCUT2D eigenvalue weighted by Crippen LogP contribution is 2.25. The van der Waals surface area contributed by atoms with Gasteiger partial charge in [0.25, 0.3) is 0 Å². The number of hydrogen-bond donors (Lipinski definition) is 0. The maximum Gasteiger partial charge on any atom is 0.00755 e. The molecule has 1 fully saturated rings. The van der Waals surface area contributed by atoms with Crippen LogP contribution in [0.2, 0.25) is 0 Å². The Morgan fingerprint density at radius 1 is 1.71 bits per heavy atom. The third kappa shape index (κ3) is 1.37. The summed E-state index contributed by atoms with van der Waals surface area (Å²) in [6.45, 7) is 0. The Balaban J connectivity index is 2.14. The smallest absolute Gasteiger partial charge is 0.00755 e. The Morgan fingerprint density at radius 3 is 2.86 bits per heavy atom. The first-order valence-corrected chi connectivity index (χ1v) is 4.08. The lowest BCUT2D eigenvalue weighted by Gasteiger charge is -1.99. The van der Waals surface area contributed by atoms with E-state index >= 15 is 0 Å². The first kappa shape index (κ1) is 5.49. The van der Waals surface area contributed by atoms with Crippen LogP contribution >= 0.6 is 11.8 Å². The zero-order valence-corrected chi connectivity index (χ0v) is 5.50. The van der Waals surface area contributed by atoms with E-state index in [0.717, 1.165) is 5.25 Å². The van der Waals surface area contributed by atoms with E-state index in [1.807, 2.05) is 11.8 Å². The van der Waals surface area contributed by atoms with Crippen molar-refractivity contribution in [2.45, 2.75) is 24.5 Å². The van der Waals surface area contributed by atoms with Crippen LogP contribution in [0.25, 0.3) is 0 Å². The van der Waals surface area contributed by atoms with E-state index in [9.17, 15) is 0 Å². The monoisotopic (exact) mass is 115 g/mol. The Hall–Kier alpha value is 0.350. The lowest BCUT2D eigenvalue weighted by molar-refractivity contribution is 0.894. The highest BCUT2D eigenvalue weighted by molar-refractivity contribution is 7.99. The minimum absolute atomic E-state index is 0.889. The summed E-state index contributed by atoms with van der Waals surface area (Å²) in [5.41, 5.74) is 0. The van der Waals surface area contributed by atoms with Gasteiger partial charge in [-0.15, -0.1) is 0 Å². The maximum absolute atomic E-state index is 2.42. The quantitative estimate of drug-likeness (QED) is 0.504. The Bertz CT molecular complexity index is 46.1. The number of hydrogen-bond acceptors (Lipinski definition) is 1. The van der Waals surface area contributed by atoms with Crippen LogP contribution < -0.4 is 0 Å². The Labute approximate surface area is 49.7 Å². The van der Waals surface area contributed by atoms with Crippen molar-refractivity contribution in [2.24, 2.45) is 0 Å². The molecule has 1 saturated carbocycles. The van der Waals surface area contributed by atoms with Gasteiger partial charge in [-0.2, -0.15) is 11.8 Å². The van der Waals surface area contributed by atoms with Gasteiger partial charge < -0.3 is 0 Å². The zero-order chi connectivity index (χ0) is 5.11. The summed E-state index contributed by atoms with van der Waals surface area (Å²) >= 11 is 1.98. The lowest BCUT2D eigenvalue weighted by Crippen LogP contribution is -1.90. The molecule has 0 aromatic rings. The molecule has 0 spiro atoms. The van der Waals surface area contributed by atoms with Gasteiger partial charge in [-0.05, 0) is 25.5 Å². The highest BCUT2D eigenvalue weighted by Gasteiger charge is 2.12. The minimum Gasteiger partial charge on any atom is -0.162 e. The fourth-order valence-corrected chi connectivity index (χ4v) is 1.69. The molecule has 0 N–H and O–H groups in total. The fourth-order valence-electron chi connectivity index (χ4n) is 0.955. The van der Waals surface area contributed by atoms with Gasteiger partial charge in [-0.1, -0.05) is 6.42 Å². The molecule has 1 atom stereocenters. The molecular formula is C6H11S. The van der Waals surface area contributed by atoms with E-state index in [-0.39, 0.29) is 0 Å². The van der Waals surface area contributed by atoms with Crippen LogP contribution in [0.3, 0.4) is 0 Å². The summed E-state index contributed by atoms with van der Waals surface area (Å²) in [5, 5.41) is 0.889. The molecule has 0 aliphatic heterocycles. The molecule has 0 bridgehead atoms. The van der Waals surface area contributed by atoms with E-state index in [1.165, 1.54) is 19.3 Å². The molecule has 0 heterocycles. The number of rotatable bonds is 1. The maximum atomic E-state index is 2.42. The average Bonchev–Trinajstić information content (AvgIpc) is 2.14. The molecule has 41 valence electrons. The minimum atomic E-state index is 0.889. The summed E-state index contributed by atoms with van der Waals surface area (Å²) in [6, 6.07) is 0. The van der Waals surface area contributed by atoms with E-state index in [2.05, 4.69) is 12.7 Å². The van der Waals surface area contributed by atoms with Crippen molar-refractivity contribution < 1.29 is 0 Å². The summed E-state index contributed by atoms with van der Waals surface area (Å²) in [6.07, 6.45) is 8.80. The number of thioether (sulfide) groups is 1. The van der Waals surface area contributed by atoms with Crippen molar-refractivity contribution >= 4 is 11.8 Å². The van der Waals surface area contributed by atoms with Crippen LogP contribution in [0.15, 0.2) is 0 Å². The third-order valence-corrected chi connectivity index (χ3v) is 2.46. The second-order valence-corrected chi connectivity index (χ2v) is 3.02. The Morgan fingerprint density at radius 2 is 2.57 bits per heavy atom. The van der Waals surface area contributed by atoms with Gasteiger partial charge in [0.2, 0.25) is 0 Å². The highest BCUT2D eigenvalue weighted by atomic mass is 32.2.